The molecule has 2 aromatic heterocycles. The van der Waals surface area contributed by atoms with Crippen molar-refractivity contribution in [2.75, 3.05) is 5.32 Å². The zero-order chi connectivity index (χ0) is 20.8. The molecule has 0 spiro atoms. The highest BCUT2D eigenvalue weighted by Gasteiger charge is 2.18. The van der Waals surface area contributed by atoms with Gasteiger partial charge in [-0.25, -0.2) is 0 Å². The predicted octanol–water partition coefficient (Wildman–Crippen LogP) is 4.20. The fourth-order valence-corrected chi connectivity index (χ4v) is 3.33. The van der Waals surface area contributed by atoms with E-state index in [0.717, 1.165) is 17.8 Å². The highest BCUT2D eigenvalue weighted by atomic mass is 32.1. The van der Waals surface area contributed by atoms with Crippen molar-refractivity contribution in [2.24, 2.45) is 0 Å². The summed E-state index contributed by atoms with van der Waals surface area (Å²) in [6.45, 7) is 2.01. The fourth-order valence-electron chi connectivity index (χ4n) is 2.49. The molecule has 146 valence electrons. The van der Waals surface area contributed by atoms with Crippen molar-refractivity contribution < 1.29 is 14.1 Å². The van der Waals surface area contributed by atoms with Crippen molar-refractivity contribution in [2.45, 2.75) is 19.8 Å². The maximum atomic E-state index is 12.3. The third-order valence-electron chi connectivity index (χ3n) is 3.80. The molecule has 0 aliphatic rings. The molecular weight excluding hydrogens is 394 g/mol. The number of nitrogens with one attached hydrogen (secondary N) is 1. The molecule has 3 aromatic rings. The summed E-state index contributed by atoms with van der Waals surface area (Å²) in [5.74, 6) is -0.168. The van der Waals surface area contributed by atoms with Gasteiger partial charge in [0.15, 0.2) is 0 Å². The Hall–Kier alpha value is -3.84. The van der Waals surface area contributed by atoms with Crippen LogP contribution in [-0.2, 0) is 11.2 Å². The van der Waals surface area contributed by atoms with Gasteiger partial charge in [-0.2, -0.15) is 5.26 Å². The van der Waals surface area contributed by atoms with Crippen molar-refractivity contribution in [3.63, 3.8) is 0 Å². The van der Waals surface area contributed by atoms with E-state index in [1.165, 1.54) is 29.5 Å². The molecule has 0 radical (unpaired) electrons. The first-order chi connectivity index (χ1) is 14.0. The SMILES string of the molecule is CCCc1nnc(NC(=O)/C(C#N)=C\c2ccc(-c3ccccc3[N+](=O)[O-])o2)s1. The van der Waals surface area contributed by atoms with E-state index >= 15 is 0 Å². The largest absolute Gasteiger partial charge is 0.456 e. The van der Waals surface area contributed by atoms with E-state index < -0.39 is 10.8 Å². The molecule has 0 fully saturated rings. The molecule has 0 bridgehead atoms. The van der Waals surface area contributed by atoms with Gasteiger partial charge in [-0.1, -0.05) is 30.4 Å². The van der Waals surface area contributed by atoms with Gasteiger partial charge in [-0.05, 0) is 24.6 Å². The van der Waals surface area contributed by atoms with Crippen molar-refractivity contribution in [3.05, 3.63) is 62.9 Å². The lowest BCUT2D eigenvalue weighted by molar-refractivity contribution is -0.384. The zero-order valence-electron chi connectivity index (χ0n) is 15.3. The van der Waals surface area contributed by atoms with Gasteiger partial charge in [-0.3, -0.25) is 20.2 Å². The summed E-state index contributed by atoms with van der Waals surface area (Å²) < 4.78 is 5.59. The Balaban J connectivity index is 1.80. The summed E-state index contributed by atoms with van der Waals surface area (Å²) in [6, 6.07) is 11.0. The molecule has 10 heteroatoms. The minimum atomic E-state index is -0.643. The molecule has 0 unspecified atom stereocenters. The number of hydrogen-bond donors (Lipinski definition) is 1. The maximum Gasteiger partial charge on any atom is 0.280 e. The Kier molecular flexibility index (Phi) is 6.11. The summed E-state index contributed by atoms with van der Waals surface area (Å²) in [4.78, 5) is 23.0. The number of nitro groups is 1. The maximum absolute atomic E-state index is 12.3. The van der Waals surface area contributed by atoms with Crippen LogP contribution >= 0.6 is 11.3 Å². The zero-order valence-corrected chi connectivity index (χ0v) is 16.1. The Bertz CT molecular complexity index is 1130. The monoisotopic (exact) mass is 409 g/mol. The van der Waals surface area contributed by atoms with Crippen molar-refractivity contribution in [1.82, 2.24) is 10.2 Å². The number of para-hydroxylation sites is 1. The smallest absolute Gasteiger partial charge is 0.280 e. The molecule has 0 aliphatic heterocycles. The number of aryl methyl sites for hydroxylation is 1. The van der Waals surface area contributed by atoms with Crippen molar-refractivity contribution in [1.29, 1.82) is 5.26 Å². The topological polar surface area (TPSA) is 135 Å². The molecule has 1 amide bonds. The first kappa shape index (κ1) is 19.9. The quantitative estimate of drug-likeness (QED) is 0.267. The van der Waals surface area contributed by atoms with Gasteiger partial charge >= 0.3 is 0 Å². The van der Waals surface area contributed by atoms with Crippen LogP contribution in [0.3, 0.4) is 0 Å². The summed E-state index contributed by atoms with van der Waals surface area (Å²) in [7, 11) is 0. The van der Waals surface area contributed by atoms with Gasteiger partial charge in [0.2, 0.25) is 5.13 Å². The number of aromatic nitrogens is 2. The van der Waals surface area contributed by atoms with Crippen LogP contribution in [0.15, 0.2) is 46.4 Å². The van der Waals surface area contributed by atoms with Crippen LogP contribution in [0, 0.1) is 21.4 Å². The number of nitriles is 1. The Morgan fingerprint density at radius 2 is 2.14 bits per heavy atom. The van der Waals surface area contributed by atoms with Crippen LogP contribution in [-0.4, -0.2) is 21.0 Å². The van der Waals surface area contributed by atoms with E-state index in [-0.39, 0.29) is 22.8 Å². The van der Waals surface area contributed by atoms with E-state index in [0.29, 0.717) is 10.7 Å². The van der Waals surface area contributed by atoms with Gasteiger partial charge in [0.25, 0.3) is 11.6 Å². The summed E-state index contributed by atoms with van der Waals surface area (Å²) >= 11 is 1.25. The van der Waals surface area contributed by atoms with Gasteiger partial charge < -0.3 is 4.42 Å². The van der Waals surface area contributed by atoms with Crippen LogP contribution in [0.4, 0.5) is 10.8 Å². The standard InChI is InChI=1S/C19H15N5O4S/c1-2-5-17-22-23-19(29-17)21-18(25)12(11-20)10-13-8-9-16(28-13)14-6-3-4-7-15(14)24(26)27/h3-4,6-10H,2,5H2,1H3,(H,21,23,25)/b12-10-. The highest BCUT2D eigenvalue weighted by molar-refractivity contribution is 7.15. The van der Waals surface area contributed by atoms with E-state index in [2.05, 4.69) is 15.5 Å². The molecule has 9 nitrogen and oxygen atoms in total. The first-order valence-corrected chi connectivity index (χ1v) is 9.42. The van der Waals surface area contributed by atoms with Gasteiger partial charge in [-0.15, -0.1) is 10.2 Å². The molecule has 0 saturated heterocycles. The molecule has 29 heavy (non-hydrogen) atoms. The number of anilines is 1. The van der Waals surface area contributed by atoms with E-state index in [1.54, 1.807) is 24.3 Å². The lowest BCUT2D eigenvalue weighted by atomic mass is 10.1. The number of carbonyl (C=O) groups is 1. The molecule has 0 saturated carbocycles. The minimum Gasteiger partial charge on any atom is -0.456 e. The number of hydrogen-bond acceptors (Lipinski definition) is 8. The number of rotatable bonds is 7. The molecule has 1 aromatic carbocycles. The summed E-state index contributed by atoms with van der Waals surface area (Å²) in [6.07, 6.45) is 2.93. The summed E-state index contributed by atoms with van der Waals surface area (Å²) in [5.41, 5.74) is 0.00732. The number of nitrogens with zero attached hydrogens (tertiary/aromatic N) is 4. The van der Waals surface area contributed by atoms with E-state index in [1.807, 2.05) is 13.0 Å². The first-order valence-electron chi connectivity index (χ1n) is 8.61. The number of benzene rings is 1. The van der Waals surface area contributed by atoms with Crippen LogP contribution in [0.2, 0.25) is 0 Å². The molecule has 0 aliphatic carbocycles. The Morgan fingerprint density at radius 3 is 2.86 bits per heavy atom. The molecule has 1 N–H and O–H groups in total. The van der Waals surface area contributed by atoms with Gasteiger partial charge in [0, 0.05) is 18.6 Å². The minimum absolute atomic E-state index is 0.102. The number of furan rings is 1. The lowest BCUT2D eigenvalue weighted by Crippen LogP contribution is -2.13. The Morgan fingerprint density at radius 1 is 1.34 bits per heavy atom. The second kappa shape index (κ2) is 8.90. The van der Waals surface area contributed by atoms with Gasteiger partial charge in [0.05, 0.1) is 10.5 Å². The third-order valence-corrected chi connectivity index (χ3v) is 4.69. The average molecular weight is 409 g/mol. The number of carbonyl (C=O) groups excluding carboxylic acids is 1. The van der Waals surface area contributed by atoms with Crippen LogP contribution < -0.4 is 5.32 Å². The van der Waals surface area contributed by atoms with E-state index in [9.17, 15) is 20.2 Å². The van der Waals surface area contributed by atoms with Crippen molar-refractivity contribution >= 4 is 34.1 Å². The second-order valence-corrected chi connectivity index (χ2v) is 6.91. The predicted molar refractivity (Wildman–Crippen MR) is 107 cm³/mol. The van der Waals surface area contributed by atoms with Crippen molar-refractivity contribution in [3.8, 4) is 17.4 Å². The summed E-state index contributed by atoms with van der Waals surface area (Å²) in [5, 5.41) is 32.0. The van der Waals surface area contributed by atoms with E-state index in [4.69, 9.17) is 4.42 Å². The normalized spacial score (nSPS) is 11.1. The molecule has 3 rings (SSSR count). The lowest BCUT2D eigenvalue weighted by Gasteiger charge is -1.99. The molecule has 2 heterocycles. The number of nitro benzene ring substituents is 1. The van der Waals surface area contributed by atoms with Crippen LogP contribution in [0.1, 0.15) is 24.1 Å². The fraction of sp³-hybridized carbons (Fsp3) is 0.158. The van der Waals surface area contributed by atoms with Crippen LogP contribution in [0.25, 0.3) is 17.4 Å². The average Bonchev–Trinajstić information content (AvgIpc) is 3.35. The van der Waals surface area contributed by atoms with Crippen LogP contribution in [0.5, 0.6) is 0 Å². The highest BCUT2D eigenvalue weighted by Crippen LogP contribution is 2.31. The third kappa shape index (κ3) is 4.72. The second-order valence-electron chi connectivity index (χ2n) is 5.85. The molecular formula is C19H15N5O4S. The number of amides is 1. The Labute approximate surface area is 169 Å². The van der Waals surface area contributed by atoms with Gasteiger partial charge in [0.1, 0.15) is 28.2 Å². The molecule has 0 atom stereocenters.